The van der Waals surface area contributed by atoms with Gasteiger partial charge in [-0.2, -0.15) is 0 Å². The third-order valence-corrected chi connectivity index (χ3v) is 4.79. The number of hydrogen-bond acceptors (Lipinski definition) is 2. The summed E-state index contributed by atoms with van der Waals surface area (Å²) in [7, 11) is 0. The highest BCUT2D eigenvalue weighted by atomic mass is 15.4. The maximum Gasteiger partial charge on any atom is 0.0995 e. The Balaban J connectivity index is 1.65. The van der Waals surface area contributed by atoms with Gasteiger partial charge in [-0.05, 0) is 30.2 Å². The minimum absolute atomic E-state index is 0.336. The molecule has 2 nitrogen and oxygen atoms in total. The van der Waals surface area contributed by atoms with E-state index in [1.807, 2.05) is 0 Å². The van der Waals surface area contributed by atoms with Gasteiger partial charge >= 0.3 is 0 Å². The molecular formula is C22H22N2. The smallest absolute Gasteiger partial charge is 0.0995 e. The maximum absolute atomic E-state index is 2.49. The van der Waals surface area contributed by atoms with Crippen molar-refractivity contribution in [1.29, 1.82) is 0 Å². The molecule has 2 heteroatoms. The maximum atomic E-state index is 2.49. The van der Waals surface area contributed by atoms with Crippen molar-refractivity contribution in [3.05, 3.63) is 96.1 Å². The van der Waals surface area contributed by atoms with Gasteiger partial charge in [0.25, 0.3) is 0 Å². The van der Waals surface area contributed by atoms with E-state index in [0.717, 1.165) is 13.1 Å². The summed E-state index contributed by atoms with van der Waals surface area (Å²) in [6, 6.07) is 30.2. The standard InChI is InChI=1S/C22H22N2/c1-18-23(16-19-10-4-2-5-11-19)21-14-8-9-15-22(21)24(18)17-20-12-6-3-7-13-20/h2-15,18H,16-17H2,1H3. The number of fused-ring (bicyclic) bond motifs is 1. The van der Waals surface area contributed by atoms with E-state index in [0.29, 0.717) is 6.17 Å². The van der Waals surface area contributed by atoms with Gasteiger partial charge in [0.1, 0.15) is 0 Å². The molecule has 0 unspecified atom stereocenters. The Labute approximate surface area is 144 Å². The van der Waals surface area contributed by atoms with Crippen LogP contribution in [0.15, 0.2) is 84.9 Å². The topological polar surface area (TPSA) is 6.48 Å². The molecular weight excluding hydrogens is 292 g/mol. The Hall–Kier alpha value is -2.74. The molecule has 0 fully saturated rings. The Kier molecular flexibility index (Phi) is 3.96. The summed E-state index contributed by atoms with van der Waals surface area (Å²) in [4.78, 5) is 4.99. The predicted molar refractivity (Wildman–Crippen MR) is 101 cm³/mol. The summed E-state index contributed by atoms with van der Waals surface area (Å²) in [5.41, 5.74) is 5.34. The van der Waals surface area contributed by atoms with Gasteiger partial charge in [0.05, 0.1) is 17.5 Å². The number of benzene rings is 3. The van der Waals surface area contributed by atoms with E-state index in [4.69, 9.17) is 0 Å². The van der Waals surface area contributed by atoms with Crippen LogP contribution in [0.25, 0.3) is 0 Å². The van der Waals surface area contributed by atoms with E-state index >= 15 is 0 Å². The van der Waals surface area contributed by atoms with E-state index in [1.165, 1.54) is 22.5 Å². The zero-order valence-corrected chi connectivity index (χ0v) is 14.0. The molecule has 24 heavy (non-hydrogen) atoms. The molecule has 0 spiro atoms. The van der Waals surface area contributed by atoms with Crippen molar-refractivity contribution in [2.75, 3.05) is 9.80 Å². The second-order valence-electron chi connectivity index (χ2n) is 6.35. The third-order valence-electron chi connectivity index (χ3n) is 4.79. The summed E-state index contributed by atoms with van der Waals surface area (Å²) in [5, 5.41) is 0. The van der Waals surface area contributed by atoms with Gasteiger partial charge in [-0.3, -0.25) is 0 Å². The van der Waals surface area contributed by atoms with Crippen LogP contribution in [0.5, 0.6) is 0 Å². The van der Waals surface area contributed by atoms with Crippen molar-refractivity contribution < 1.29 is 0 Å². The third kappa shape index (κ3) is 2.76. The fourth-order valence-electron chi connectivity index (χ4n) is 3.52. The average molecular weight is 314 g/mol. The quantitative estimate of drug-likeness (QED) is 0.664. The van der Waals surface area contributed by atoms with Gasteiger partial charge < -0.3 is 9.80 Å². The van der Waals surface area contributed by atoms with Gasteiger partial charge in [-0.15, -0.1) is 0 Å². The number of nitrogens with zero attached hydrogens (tertiary/aromatic N) is 2. The molecule has 0 saturated heterocycles. The first-order valence-electron chi connectivity index (χ1n) is 8.53. The molecule has 0 radical (unpaired) electrons. The second kappa shape index (κ2) is 6.40. The normalized spacial score (nSPS) is 14.0. The summed E-state index contributed by atoms with van der Waals surface area (Å²) < 4.78 is 0. The lowest BCUT2D eigenvalue weighted by Crippen LogP contribution is -2.40. The zero-order valence-electron chi connectivity index (χ0n) is 14.0. The van der Waals surface area contributed by atoms with Crippen molar-refractivity contribution in [3.8, 4) is 0 Å². The van der Waals surface area contributed by atoms with E-state index in [9.17, 15) is 0 Å². The molecule has 1 heterocycles. The van der Waals surface area contributed by atoms with E-state index in [-0.39, 0.29) is 0 Å². The first-order valence-corrected chi connectivity index (χ1v) is 8.53. The van der Waals surface area contributed by atoms with Crippen LogP contribution < -0.4 is 9.80 Å². The first kappa shape index (κ1) is 14.8. The van der Waals surface area contributed by atoms with Gasteiger partial charge in [0.2, 0.25) is 0 Å². The van der Waals surface area contributed by atoms with E-state index in [2.05, 4.69) is 102 Å². The van der Waals surface area contributed by atoms with Crippen molar-refractivity contribution in [2.45, 2.75) is 26.2 Å². The highest BCUT2D eigenvalue weighted by Crippen LogP contribution is 2.40. The fourth-order valence-corrected chi connectivity index (χ4v) is 3.52. The van der Waals surface area contributed by atoms with Crippen LogP contribution in [-0.2, 0) is 13.1 Å². The lowest BCUT2D eigenvalue weighted by molar-refractivity contribution is 0.617. The summed E-state index contributed by atoms with van der Waals surface area (Å²) in [6.45, 7) is 4.17. The monoisotopic (exact) mass is 314 g/mol. The van der Waals surface area contributed by atoms with Crippen LogP contribution in [0.2, 0.25) is 0 Å². The van der Waals surface area contributed by atoms with Crippen molar-refractivity contribution in [1.82, 2.24) is 0 Å². The number of rotatable bonds is 4. The van der Waals surface area contributed by atoms with Crippen LogP contribution >= 0.6 is 0 Å². The van der Waals surface area contributed by atoms with Crippen molar-refractivity contribution in [3.63, 3.8) is 0 Å². The van der Waals surface area contributed by atoms with Gasteiger partial charge in [0, 0.05) is 13.1 Å². The Morgan fingerprint density at radius 2 is 0.958 bits per heavy atom. The Bertz CT molecular complexity index is 730. The molecule has 0 saturated carbocycles. The molecule has 0 aromatic heterocycles. The van der Waals surface area contributed by atoms with Crippen LogP contribution in [0.4, 0.5) is 11.4 Å². The minimum Gasteiger partial charge on any atom is -0.345 e. The average Bonchev–Trinajstić information content (AvgIpc) is 2.90. The molecule has 1 aliphatic rings. The van der Waals surface area contributed by atoms with E-state index < -0.39 is 0 Å². The molecule has 0 atom stereocenters. The van der Waals surface area contributed by atoms with Crippen molar-refractivity contribution >= 4 is 11.4 Å². The second-order valence-corrected chi connectivity index (χ2v) is 6.35. The van der Waals surface area contributed by atoms with Crippen LogP contribution in [-0.4, -0.2) is 6.17 Å². The minimum atomic E-state index is 0.336. The SMILES string of the molecule is CC1N(Cc2ccccc2)c2ccccc2N1Cc1ccccc1. The first-order chi connectivity index (χ1) is 11.8. The molecule has 4 rings (SSSR count). The fraction of sp³-hybridized carbons (Fsp3) is 0.182. The lowest BCUT2D eigenvalue weighted by Gasteiger charge is -2.30. The molecule has 3 aromatic carbocycles. The molecule has 120 valence electrons. The predicted octanol–water partition coefficient (Wildman–Crippen LogP) is 5.06. The molecule has 0 N–H and O–H groups in total. The summed E-state index contributed by atoms with van der Waals surface area (Å²) >= 11 is 0. The van der Waals surface area contributed by atoms with Crippen LogP contribution in [0, 0.1) is 0 Å². The molecule has 3 aromatic rings. The van der Waals surface area contributed by atoms with Gasteiger partial charge in [-0.1, -0.05) is 72.8 Å². The summed E-state index contributed by atoms with van der Waals surface area (Å²) in [5.74, 6) is 0. The highest BCUT2D eigenvalue weighted by molar-refractivity contribution is 5.77. The Morgan fingerprint density at radius 3 is 1.38 bits per heavy atom. The highest BCUT2D eigenvalue weighted by Gasteiger charge is 2.32. The molecule has 0 amide bonds. The summed E-state index contributed by atoms with van der Waals surface area (Å²) in [6.07, 6.45) is 0.336. The van der Waals surface area contributed by atoms with Gasteiger partial charge in [0.15, 0.2) is 0 Å². The van der Waals surface area contributed by atoms with Crippen LogP contribution in [0.1, 0.15) is 18.1 Å². The Morgan fingerprint density at radius 1 is 0.583 bits per heavy atom. The van der Waals surface area contributed by atoms with E-state index in [1.54, 1.807) is 0 Å². The number of hydrogen-bond donors (Lipinski definition) is 0. The lowest BCUT2D eigenvalue weighted by atomic mass is 10.2. The molecule has 0 bridgehead atoms. The largest absolute Gasteiger partial charge is 0.345 e. The number of para-hydroxylation sites is 2. The van der Waals surface area contributed by atoms with Crippen molar-refractivity contribution in [2.24, 2.45) is 0 Å². The van der Waals surface area contributed by atoms with Crippen LogP contribution in [0.3, 0.4) is 0 Å². The zero-order chi connectivity index (χ0) is 16.4. The molecule has 0 aliphatic carbocycles. The number of anilines is 2. The van der Waals surface area contributed by atoms with Gasteiger partial charge in [-0.25, -0.2) is 0 Å². The molecule has 1 aliphatic heterocycles.